The Morgan fingerprint density at radius 1 is 0.800 bits per heavy atom. The molecule has 434 valence electrons. The van der Waals surface area contributed by atoms with E-state index in [4.69, 9.17) is 4.74 Å². The van der Waals surface area contributed by atoms with Gasteiger partial charge in [0.15, 0.2) is 5.71 Å². The number of fused-ring (bicyclic) bond motifs is 4. The first-order valence-corrected chi connectivity index (χ1v) is 33.4. The molecular weight excluding hydrogens is 1020 g/mol. The number of hydrogen-bond acceptors (Lipinski definition) is 6. The van der Waals surface area contributed by atoms with Gasteiger partial charge in [-0.2, -0.15) is 29.0 Å². The molecule has 0 spiro atoms. The van der Waals surface area contributed by atoms with Crippen LogP contribution in [0.2, 0.25) is 0 Å². The Morgan fingerprint density at radius 2 is 1.55 bits per heavy atom. The van der Waals surface area contributed by atoms with Gasteiger partial charge in [0.05, 0.1) is 5.41 Å². The van der Waals surface area contributed by atoms with Crippen molar-refractivity contribution in [1.29, 1.82) is 0 Å². The molecule has 0 aromatic heterocycles. The molecule has 0 saturated heterocycles. The number of amides is 1. The summed E-state index contributed by atoms with van der Waals surface area (Å²) < 4.78 is 8.99. The fraction of sp³-hybridized carbons (Fsp3) is 0.569. The highest BCUT2D eigenvalue weighted by Gasteiger charge is 2.45. The number of thiol groups is 1. The maximum atomic E-state index is 13.2. The van der Waals surface area contributed by atoms with Crippen LogP contribution in [0.5, 0.6) is 0 Å². The van der Waals surface area contributed by atoms with Crippen molar-refractivity contribution in [1.82, 2.24) is 5.32 Å². The first kappa shape index (κ1) is 63.1. The third-order valence-corrected chi connectivity index (χ3v) is 19.7. The molecule has 1 fully saturated rings. The Bertz CT molecular complexity index is 2840. The molecule has 6 nitrogen and oxygen atoms in total. The number of esters is 1. The van der Waals surface area contributed by atoms with Crippen molar-refractivity contribution < 1.29 is 18.9 Å². The first-order valence-electron chi connectivity index (χ1n) is 31.6. The lowest BCUT2D eigenvalue weighted by atomic mass is 9.75. The Labute approximate surface area is 494 Å². The fourth-order valence-electron chi connectivity index (χ4n) is 13.8. The van der Waals surface area contributed by atoms with Gasteiger partial charge in [0.25, 0.3) is 0 Å². The predicted molar refractivity (Wildman–Crippen MR) is 350 cm³/mol. The largest absolute Gasteiger partial charge is 0.459 e. The van der Waals surface area contributed by atoms with E-state index in [-0.39, 0.29) is 28.3 Å². The highest BCUT2D eigenvalue weighted by Crippen LogP contribution is 2.51. The van der Waals surface area contributed by atoms with Gasteiger partial charge in [0, 0.05) is 72.6 Å². The second-order valence-corrected chi connectivity index (χ2v) is 26.5. The second-order valence-electron chi connectivity index (χ2n) is 24.8. The van der Waals surface area contributed by atoms with Gasteiger partial charge in [0.2, 0.25) is 11.6 Å². The third kappa shape index (κ3) is 15.8. The third-order valence-electron chi connectivity index (χ3n) is 18.3. The maximum Gasteiger partial charge on any atom is 0.306 e. The summed E-state index contributed by atoms with van der Waals surface area (Å²) in [5, 5.41) is 8.48. The van der Waals surface area contributed by atoms with E-state index in [1.807, 2.05) is 11.8 Å². The summed E-state index contributed by atoms with van der Waals surface area (Å²) in [6.45, 7) is 23.5. The Balaban J connectivity index is 0.933. The van der Waals surface area contributed by atoms with E-state index < -0.39 is 0 Å². The number of nitrogens with one attached hydrogen (secondary N) is 1. The van der Waals surface area contributed by atoms with Gasteiger partial charge >= 0.3 is 5.97 Å². The van der Waals surface area contributed by atoms with Crippen molar-refractivity contribution >= 4 is 74.9 Å². The van der Waals surface area contributed by atoms with Gasteiger partial charge in [-0.15, -0.1) is 0 Å². The summed E-state index contributed by atoms with van der Waals surface area (Å²) >= 11 is 6.40. The van der Waals surface area contributed by atoms with Crippen LogP contribution in [-0.4, -0.2) is 64.7 Å². The minimum atomic E-state index is -0.299. The van der Waals surface area contributed by atoms with Crippen LogP contribution in [-0.2, 0) is 25.2 Å². The van der Waals surface area contributed by atoms with Crippen molar-refractivity contribution in [2.45, 2.75) is 213 Å². The van der Waals surface area contributed by atoms with Crippen LogP contribution in [0.4, 0.5) is 11.4 Å². The molecule has 1 saturated carbocycles. The number of allylic oxidation sites excluding steroid dienone is 8. The lowest BCUT2D eigenvalue weighted by Gasteiger charge is -2.40. The van der Waals surface area contributed by atoms with Gasteiger partial charge in [-0.25, -0.2) is 0 Å². The van der Waals surface area contributed by atoms with Gasteiger partial charge in [-0.05, 0) is 171 Å². The lowest BCUT2D eigenvalue weighted by Crippen LogP contribution is -2.42. The van der Waals surface area contributed by atoms with Crippen LogP contribution in [0.25, 0.3) is 21.5 Å². The summed E-state index contributed by atoms with van der Waals surface area (Å²) in [6.07, 6.45) is 36.2. The average molecular weight is 1120 g/mol. The summed E-state index contributed by atoms with van der Waals surface area (Å²) in [4.78, 5) is 28.8. The van der Waals surface area contributed by atoms with E-state index in [9.17, 15) is 9.59 Å². The van der Waals surface area contributed by atoms with E-state index in [0.717, 1.165) is 101 Å². The van der Waals surface area contributed by atoms with Crippen LogP contribution >= 0.6 is 24.4 Å². The standard InChI is InChI=1S/C72H101N3O3S2/c1-10-31-55(12-3)60-37-30-35-58-52-65-63(53-61(58)60)71(8,9)67(39-19-16-14-15-18-38-66-70(6,7)62-50-56-33-22-23-34-57(56)51-64(62)75(66)45-27-28-46-79)74(65)44-26-17-20-40-68(76)73-43-48-80-47-29-25-41-69(77)78-72(13-4,42-11-2)59-36-24-21-32-54(5)49-59/h14-16,18-19,22-23,30,33-35,37-39,50-55,59H,10-13,17,20-21,24-29,31-32,36,40-49H2,1-9H3,(H-,73,76,79)/p+1. The van der Waals surface area contributed by atoms with Crippen LogP contribution in [0.15, 0.2) is 115 Å². The zero-order chi connectivity index (χ0) is 57.1. The zero-order valence-corrected chi connectivity index (χ0v) is 52.7. The van der Waals surface area contributed by atoms with Crippen molar-refractivity contribution in [3.8, 4) is 0 Å². The summed E-state index contributed by atoms with van der Waals surface area (Å²) in [5.41, 5.74) is 8.95. The molecular formula is C72H102N3O3S2+. The number of benzene rings is 4. The van der Waals surface area contributed by atoms with E-state index in [2.05, 4.69) is 199 Å². The maximum absolute atomic E-state index is 13.2. The molecule has 1 N–H and O–H groups in total. The SMILES string of the molecule is CCCC(CC)c1cccc2cc3c(cc12)C(C)(C)\C(=C/C=C/C=C/C=C/C1=[N+](CCCCS)c2cc4ccccc4cc2C1(C)C)N3CCCCCC(=O)NCCSCCCCC(=O)OC(CC)(CCC)C1CCCCC(C)C1. The number of anilines is 1. The Hall–Kier alpha value is -4.53. The highest BCUT2D eigenvalue weighted by molar-refractivity contribution is 7.99. The fourth-order valence-corrected chi connectivity index (χ4v) is 14.9. The Kier molecular flexibility index (Phi) is 24.2. The number of hydrogen-bond donors (Lipinski definition) is 2. The number of rotatable bonds is 31. The molecule has 4 atom stereocenters. The first-order chi connectivity index (χ1) is 38.7. The molecule has 1 amide bonds. The van der Waals surface area contributed by atoms with Crippen LogP contribution in [0.1, 0.15) is 213 Å². The molecule has 4 aromatic rings. The summed E-state index contributed by atoms with van der Waals surface area (Å²) in [7, 11) is 0. The quantitative estimate of drug-likeness (QED) is 0.0131. The molecule has 8 heteroatoms. The van der Waals surface area contributed by atoms with Gasteiger partial charge in [-0.3, -0.25) is 9.59 Å². The van der Waals surface area contributed by atoms with Crippen molar-refractivity contribution in [2.75, 3.05) is 41.8 Å². The van der Waals surface area contributed by atoms with E-state index in [0.29, 0.717) is 37.1 Å². The summed E-state index contributed by atoms with van der Waals surface area (Å²) in [6, 6.07) is 25.4. The van der Waals surface area contributed by atoms with Crippen LogP contribution in [0, 0.1) is 11.8 Å². The monoisotopic (exact) mass is 1120 g/mol. The molecule has 3 aliphatic rings. The normalized spacial score (nSPS) is 19.6. The number of carbonyl (C=O) groups is 2. The number of thioether (sulfide) groups is 1. The average Bonchev–Trinajstić information content (AvgIpc) is 3.77. The van der Waals surface area contributed by atoms with E-state index in [1.165, 1.54) is 106 Å². The molecule has 7 rings (SSSR count). The van der Waals surface area contributed by atoms with Crippen molar-refractivity contribution in [3.05, 3.63) is 132 Å². The smallest absolute Gasteiger partial charge is 0.306 e. The molecule has 1 aliphatic carbocycles. The Morgan fingerprint density at radius 3 is 2.31 bits per heavy atom. The predicted octanol–water partition coefficient (Wildman–Crippen LogP) is 19.0. The second kappa shape index (κ2) is 30.7. The van der Waals surface area contributed by atoms with Gasteiger partial charge < -0.3 is 15.0 Å². The highest BCUT2D eigenvalue weighted by atomic mass is 32.2. The number of ether oxygens (including phenoxy) is 1. The van der Waals surface area contributed by atoms with E-state index in [1.54, 1.807) is 0 Å². The van der Waals surface area contributed by atoms with Crippen molar-refractivity contribution in [3.63, 3.8) is 0 Å². The number of nitrogens with zero attached hydrogens (tertiary/aromatic N) is 2. The topological polar surface area (TPSA) is 61.7 Å². The molecule has 0 bridgehead atoms. The van der Waals surface area contributed by atoms with Gasteiger partial charge in [-0.1, -0.05) is 160 Å². The van der Waals surface area contributed by atoms with Crippen molar-refractivity contribution in [2.24, 2.45) is 11.8 Å². The lowest BCUT2D eigenvalue weighted by molar-refractivity contribution is -0.438. The molecule has 2 aliphatic heterocycles. The van der Waals surface area contributed by atoms with E-state index >= 15 is 0 Å². The molecule has 4 aromatic carbocycles. The molecule has 80 heavy (non-hydrogen) atoms. The number of carbonyl (C=O) groups excluding carboxylic acids is 2. The minimum absolute atomic E-state index is 0.0113. The van der Waals surface area contributed by atoms with Gasteiger partial charge in [0.1, 0.15) is 12.1 Å². The molecule has 2 heterocycles. The number of unbranched alkanes of at least 4 members (excludes halogenated alkanes) is 4. The molecule has 0 radical (unpaired) electrons. The van der Waals surface area contributed by atoms with Crippen LogP contribution < -0.4 is 10.2 Å². The van der Waals surface area contributed by atoms with Crippen LogP contribution in [0.3, 0.4) is 0 Å². The minimum Gasteiger partial charge on any atom is -0.459 e. The molecule has 4 unspecified atom stereocenters. The zero-order valence-electron chi connectivity index (χ0n) is 51.0. The summed E-state index contributed by atoms with van der Waals surface area (Å²) in [5.74, 6) is 4.66.